The van der Waals surface area contributed by atoms with E-state index in [2.05, 4.69) is 37.6 Å². The van der Waals surface area contributed by atoms with Crippen molar-refractivity contribution in [2.75, 3.05) is 19.3 Å². The van der Waals surface area contributed by atoms with Gasteiger partial charge in [0.2, 0.25) is 10.0 Å². The molecule has 1 aromatic heterocycles. The van der Waals surface area contributed by atoms with Crippen molar-refractivity contribution >= 4 is 15.9 Å². The van der Waals surface area contributed by atoms with Crippen LogP contribution in [-0.4, -0.2) is 44.6 Å². The number of carbonyl (C=O) groups excluding carboxylic acids is 1. The van der Waals surface area contributed by atoms with Gasteiger partial charge in [-0.2, -0.15) is 0 Å². The summed E-state index contributed by atoms with van der Waals surface area (Å²) in [5, 5.41) is 0. The molecule has 1 atom stereocenters. The maximum Gasteiger partial charge on any atom is 0.289 e. The van der Waals surface area contributed by atoms with Gasteiger partial charge in [0.1, 0.15) is 5.76 Å². The summed E-state index contributed by atoms with van der Waals surface area (Å²) in [5.41, 5.74) is 2.23. The van der Waals surface area contributed by atoms with E-state index in [9.17, 15) is 13.2 Å². The third-order valence-electron chi connectivity index (χ3n) is 4.71. The van der Waals surface area contributed by atoms with Gasteiger partial charge in [0, 0.05) is 24.7 Å². The molecule has 1 fully saturated rings. The van der Waals surface area contributed by atoms with E-state index in [0.717, 1.165) is 11.8 Å². The van der Waals surface area contributed by atoms with Crippen molar-refractivity contribution in [3.63, 3.8) is 0 Å². The van der Waals surface area contributed by atoms with Crippen LogP contribution >= 0.6 is 0 Å². The van der Waals surface area contributed by atoms with Gasteiger partial charge in [-0.25, -0.2) is 13.1 Å². The number of hydrogen-bond acceptors (Lipinski definition) is 4. The number of amides is 1. The van der Waals surface area contributed by atoms with Crippen molar-refractivity contribution in [1.82, 2.24) is 9.62 Å². The summed E-state index contributed by atoms with van der Waals surface area (Å²) in [5.74, 6) is 0.694. The molecule has 1 aliphatic rings. The second kappa shape index (κ2) is 7.13. The molecular formula is C20H26N2O4S. The van der Waals surface area contributed by atoms with E-state index in [0.29, 0.717) is 25.3 Å². The summed E-state index contributed by atoms with van der Waals surface area (Å²) in [7, 11) is -3.28. The highest BCUT2D eigenvalue weighted by Gasteiger charge is 2.30. The first-order chi connectivity index (χ1) is 12.5. The highest BCUT2D eigenvalue weighted by Crippen LogP contribution is 2.28. The first-order valence-corrected chi connectivity index (χ1v) is 10.9. The van der Waals surface area contributed by atoms with E-state index in [4.69, 9.17) is 4.42 Å². The third kappa shape index (κ3) is 4.78. The molecule has 3 rings (SSSR count). The molecule has 7 heteroatoms. The predicted molar refractivity (Wildman–Crippen MR) is 105 cm³/mol. The quantitative estimate of drug-likeness (QED) is 0.870. The number of hydrogen-bond donors (Lipinski definition) is 1. The average molecular weight is 391 g/mol. The maximum absolute atomic E-state index is 12.6. The number of carbonyl (C=O) groups is 1. The predicted octanol–water partition coefficient (Wildman–Crippen LogP) is 3.01. The van der Waals surface area contributed by atoms with Gasteiger partial charge in [-0.15, -0.1) is 0 Å². The summed E-state index contributed by atoms with van der Waals surface area (Å²) in [6.07, 6.45) is 1.72. The monoisotopic (exact) mass is 390 g/mol. The van der Waals surface area contributed by atoms with Gasteiger partial charge < -0.3 is 9.32 Å². The SMILES string of the molecule is CC(C)(C)c1ccc(-c2ccc(C(=O)N3CCC(NS(C)(=O)=O)C3)o2)cc1. The van der Waals surface area contributed by atoms with Crippen LogP contribution in [-0.2, 0) is 15.4 Å². The van der Waals surface area contributed by atoms with Crippen LogP contribution in [0.5, 0.6) is 0 Å². The summed E-state index contributed by atoms with van der Waals surface area (Å²) in [6.45, 7) is 7.33. The molecule has 1 amide bonds. The Morgan fingerprint density at radius 1 is 1.15 bits per heavy atom. The smallest absolute Gasteiger partial charge is 0.289 e. The molecule has 0 bridgehead atoms. The first-order valence-electron chi connectivity index (χ1n) is 9.00. The van der Waals surface area contributed by atoms with Gasteiger partial charge in [0.05, 0.1) is 6.26 Å². The fourth-order valence-corrected chi connectivity index (χ4v) is 4.04. The van der Waals surface area contributed by atoms with E-state index >= 15 is 0 Å². The fourth-order valence-electron chi connectivity index (χ4n) is 3.24. The van der Waals surface area contributed by atoms with Gasteiger partial charge in [0.15, 0.2) is 5.76 Å². The molecule has 1 aliphatic heterocycles. The Morgan fingerprint density at radius 3 is 2.41 bits per heavy atom. The van der Waals surface area contributed by atoms with E-state index in [1.807, 2.05) is 12.1 Å². The molecule has 27 heavy (non-hydrogen) atoms. The molecule has 1 unspecified atom stereocenters. The molecule has 1 aromatic carbocycles. The Morgan fingerprint density at radius 2 is 1.81 bits per heavy atom. The second-order valence-electron chi connectivity index (χ2n) is 8.12. The summed E-state index contributed by atoms with van der Waals surface area (Å²) in [4.78, 5) is 14.3. The molecule has 0 aliphatic carbocycles. The number of furan rings is 1. The third-order valence-corrected chi connectivity index (χ3v) is 5.47. The van der Waals surface area contributed by atoms with Gasteiger partial charge >= 0.3 is 0 Å². The standard InChI is InChI=1S/C20H26N2O4S/c1-20(2,3)15-7-5-14(6-8-15)17-9-10-18(26-17)19(23)22-12-11-16(13-22)21-27(4,24)25/h5-10,16,21H,11-13H2,1-4H3. The van der Waals surface area contributed by atoms with Crippen LogP contribution in [0.25, 0.3) is 11.3 Å². The van der Waals surface area contributed by atoms with Crippen LogP contribution in [0.2, 0.25) is 0 Å². The largest absolute Gasteiger partial charge is 0.451 e. The van der Waals surface area contributed by atoms with E-state index in [1.54, 1.807) is 17.0 Å². The molecule has 1 saturated heterocycles. The number of nitrogens with one attached hydrogen (secondary N) is 1. The zero-order chi connectivity index (χ0) is 19.8. The maximum atomic E-state index is 12.6. The first kappa shape index (κ1) is 19.6. The zero-order valence-corrected chi connectivity index (χ0v) is 17.0. The molecule has 2 aromatic rings. The number of rotatable bonds is 4. The van der Waals surface area contributed by atoms with Gasteiger partial charge in [-0.1, -0.05) is 45.0 Å². The van der Waals surface area contributed by atoms with Crippen molar-refractivity contribution < 1.29 is 17.6 Å². The fraction of sp³-hybridized carbons (Fsp3) is 0.450. The van der Waals surface area contributed by atoms with E-state index < -0.39 is 10.0 Å². The van der Waals surface area contributed by atoms with Gasteiger partial charge in [-0.05, 0) is 29.5 Å². The van der Waals surface area contributed by atoms with Crippen LogP contribution in [0.1, 0.15) is 43.3 Å². The lowest BCUT2D eigenvalue weighted by atomic mass is 9.86. The number of benzene rings is 1. The normalized spacial score (nSPS) is 18.1. The Hall–Kier alpha value is -2.12. The minimum atomic E-state index is -3.28. The molecule has 1 N–H and O–H groups in total. The molecule has 0 radical (unpaired) electrons. The zero-order valence-electron chi connectivity index (χ0n) is 16.2. The van der Waals surface area contributed by atoms with Crippen molar-refractivity contribution in [3.05, 3.63) is 47.7 Å². The minimum Gasteiger partial charge on any atom is -0.451 e. The van der Waals surface area contributed by atoms with Crippen LogP contribution in [0.15, 0.2) is 40.8 Å². The Bertz CT molecular complexity index is 924. The van der Waals surface area contributed by atoms with Crippen LogP contribution in [0.4, 0.5) is 0 Å². The van der Waals surface area contributed by atoms with Gasteiger partial charge in [-0.3, -0.25) is 4.79 Å². The second-order valence-corrected chi connectivity index (χ2v) is 9.90. The topological polar surface area (TPSA) is 79.6 Å². The highest BCUT2D eigenvalue weighted by atomic mass is 32.2. The molecular weight excluding hydrogens is 364 g/mol. The number of likely N-dealkylation sites (tertiary alicyclic amines) is 1. The minimum absolute atomic E-state index is 0.0785. The average Bonchev–Trinajstić information content (AvgIpc) is 3.21. The van der Waals surface area contributed by atoms with Gasteiger partial charge in [0.25, 0.3) is 5.91 Å². The number of nitrogens with zero attached hydrogens (tertiary/aromatic N) is 1. The Labute approximate surface area is 160 Å². The lowest BCUT2D eigenvalue weighted by Gasteiger charge is -2.18. The Balaban J connectivity index is 1.70. The Kier molecular flexibility index (Phi) is 5.18. The molecule has 6 nitrogen and oxygen atoms in total. The van der Waals surface area contributed by atoms with Crippen LogP contribution in [0, 0.1) is 0 Å². The molecule has 2 heterocycles. The number of sulfonamides is 1. The lowest BCUT2D eigenvalue weighted by molar-refractivity contribution is 0.0759. The highest BCUT2D eigenvalue weighted by molar-refractivity contribution is 7.88. The van der Waals surface area contributed by atoms with Crippen molar-refractivity contribution in [2.24, 2.45) is 0 Å². The summed E-state index contributed by atoms with van der Waals surface area (Å²) in [6, 6.07) is 11.4. The van der Waals surface area contributed by atoms with E-state index in [-0.39, 0.29) is 23.1 Å². The molecule has 146 valence electrons. The molecule has 0 spiro atoms. The van der Waals surface area contributed by atoms with Crippen molar-refractivity contribution in [1.29, 1.82) is 0 Å². The van der Waals surface area contributed by atoms with E-state index in [1.165, 1.54) is 5.56 Å². The summed E-state index contributed by atoms with van der Waals surface area (Å²) >= 11 is 0. The lowest BCUT2D eigenvalue weighted by Crippen LogP contribution is -2.37. The molecule has 0 saturated carbocycles. The van der Waals surface area contributed by atoms with Crippen molar-refractivity contribution in [2.45, 2.75) is 38.6 Å². The van der Waals surface area contributed by atoms with Crippen LogP contribution < -0.4 is 4.72 Å². The van der Waals surface area contributed by atoms with Crippen molar-refractivity contribution in [3.8, 4) is 11.3 Å². The summed E-state index contributed by atoms with van der Waals surface area (Å²) < 4.78 is 31.0. The van der Waals surface area contributed by atoms with Crippen LogP contribution in [0.3, 0.4) is 0 Å².